The number of thiazole rings is 1. The average molecular weight is 490 g/mol. The van der Waals surface area contributed by atoms with E-state index in [0.717, 1.165) is 25.6 Å². The van der Waals surface area contributed by atoms with Crippen LogP contribution >= 0.6 is 38.9 Å². The summed E-state index contributed by atoms with van der Waals surface area (Å²) in [6.45, 7) is 2.13. The highest BCUT2D eigenvalue weighted by Crippen LogP contribution is 2.32. The van der Waals surface area contributed by atoms with Gasteiger partial charge in [-0.05, 0) is 37.3 Å². The van der Waals surface area contributed by atoms with E-state index in [-0.39, 0.29) is 12.1 Å². The monoisotopic (exact) mass is 488 g/mol. The third-order valence-corrected chi connectivity index (χ3v) is 6.36. The van der Waals surface area contributed by atoms with Crippen LogP contribution in [0, 0.1) is 6.92 Å². The summed E-state index contributed by atoms with van der Waals surface area (Å²) in [6.07, 6.45) is 0. The van der Waals surface area contributed by atoms with Crippen LogP contribution in [-0.4, -0.2) is 10.9 Å². The third-order valence-electron chi connectivity index (χ3n) is 4.35. The second-order valence-corrected chi connectivity index (χ2v) is 8.73. The van der Waals surface area contributed by atoms with Gasteiger partial charge in [0.15, 0.2) is 0 Å². The fourth-order valence-corrected chi connectivity index (χ4v) is 4.55. The Balaban J connectivity index is 1.56. The molecule has 2 aromatic carbocycles. The highest BCUT2D eigenvalue weighted by molar-refractivity contribution is 9.10. The SMILES string of the molecule is Cc1nc(-c2ccccc2Cl)sc1CNC(=O)c1cc2cc(Br)ccc2oc1=O. The van der Waals surface area contributed by atoms with Crippen molar-refractivity contribution in [1.82, 2.24) is 10.3 Å². The molecule has 0 fully saturated rings. The summed E-state index contributed by atoms with van der Waals surface area (Å²) < 4.78 is 6.09. The molecule has 146 valence electrons. The Morgan fingerprint density at radius 1 is 1.24 bits per heavy atom. The van der Waals surface area contributed by atoms with Crippen LogP contribution in [0.1, 0.15) is 20.9 Å². The van der Waals surface area contributed by atoms with Crippen LogP contribution < -0.4 is 10.9 Å². The van der Waals surface area contributed by atoms with Gasteiger partial charge in [0.1, 0.15) is 16.2 Å². The number of aryl methyl sites for hydroxylation is 1. The summed E-state index contributed by atoms with van der Waals surface area (Å²) in [6, 6.07) is 14.3. The van der Waals surface area contributed by atoms with Gasteiger partial charge in [0, 0.05) is 20.3 Å². The zero-order valence-corrected chi connectivity index (χ0v) is 18.3. The Hall–Kier alpha value is -2.48. The first-order chi connectivity index (χ1) is 13.9. The third kappa shape index (κ3) is 4.12. The summed E-state index contributed by atoms with van der Waals surface area (Å²) in [5.41, 5.74) is 1.37. The van der Waals surface area contributed by atoms with Crippen LogP contribution in [0.2, 0.25) is 5.02 Å². The van der Waals surface area contributed by atoms with E-state index >= 15 is 0 Å². The highest BCUT2D eigenvalue weighted by Gasteiger charge is 2.16. The molecule has 2 heterocycles. The number of amides is 1. The van der Waals surface area contributed by atoms with E-state index < -0.39 is 11.5 Å². The molecule has 29 heavy (non-hydrogen) atoms. The first-order valence-corrected chi connectivity index (χ1v) is 10.6. The summed E-state index contributed by atoms with van der Waals surface area (Å²) in [5, 5.41) is 4.85. The minimum atomic E-state index is -0.671. The molecule has 0 atom stereocenters. The molecule has 0 aliphatic rings. The number of aromatic nitrogens is 1. The fourth-order valence-electron chi connectivity index (χ4n) is 2.85. The van der Waals surface area contributed by atoms with Gasteiger partial charge in [0.05, 0.1) is 17.3 Å². The number of hydrogen-bond donors (Lipinski definition) is 1. The number of rotatable bonds is 4. The van der Waals surface area contributed by atoms with Gasteiger partial charge in [0.2, 0.25) is 0 Å². The van der Waals surface area contributed by atoms with Gasteiger partial charge in [-0.3, -0.25) is 4.79 Å². The van der Waals surface area contributed by atoms with Crippen molar-refractivity contribution >= 4 is 55.7 Å². The lowest BCUT2D eigenvalue weighted by Gasteiger charge is -2.05. The number of benzene rings is 2. The Morgan fingerprint density at radius 2 is 2.03 bits per heavy atom. The van der Waals surface area contributed by atoms with Crippen molar-refractivity contribution in [3.05, 3.63) is 84.6 Å². The van der Waals surface area contributed by atoms with E-state index in [1.54, 1.807) is 18.2 Å². The van der Waals surface area contributed by atoms with Crippen LogP contribution in [0.4, 0.5) is 0 Å². The summed E-state index contributed by atoms with van der Waals surface area (Å²) in [4.78, 5) is 30.2. The zero-order chi connectivity index (χ0) is 20.5. The number of carbonyl (C=O) groups excluding carboxylic acids is 1. The maximum Gasteiger partial charge on any atom is 0.349 e. The van der Waals surface area contributed by atoms with Crippen molar-refractivity contribution < 1.29 is 9.21 Å². The van der Waals surface area contributed by atoms with E-state index in [4.69, 9.17) is 16.0 Å². The number of fused-ring (bicyclic) bond motifs is 1. The first-order valence-electron chi connectivity index (χ1n) is 8.65. The van der Waals surface area contributed by atoms with E-state index in [1.807, 2.05) is 31.2 Å². The second-order valence-electron chi connectivity index (χ2n) is 6.32. The minimum absolute atomic E-state index is 0.0379. The number of nitrogens with zero attached hydrogens (tertiary/aromatic N) is 1. The molecular weight excluding hydrogens is 476 g/mol. The molecule has 0 bridgehead atoms. The van der Waals surface area contributed by atoms with Gasteiger partial charge in [-0.25, -0.2) is 9.78 Å². The molecule has 0 saturated carbocycles. The maximum atomic E-state index is 12.6. The normalized spacial score (nSPS) is 11.0. The first kappa shape index (κ1) is 19.8. The topological polar surface area (TPSA) is 72.2 Å². The fraction of sp³-hybridized carbons (Fsp3) is 0.0952. The molecule has 0 radical (unpaired) electrons. The Bertz CT molecular complexity index is 1300. The van der Waals surface area contributed by atoms with Crippen LogP contribution in [-0.2, 0) is 6.54 Å². The van der Waals surface area contributed by atoms with Crippen molar-refractivity contribution in [2.75, 3.05) is 0 Å². The summed E-state index contributed by atoms with van der Waals surface area (Å²) in [5.74, 6) is -0.493. The quantitative estimate of drug-likeness (QED) is 0.380. The lowest BCUT2D eigenvalue weighted by atomic mass is 10.2. The van der Waals surface area contributed by atoms with Gasteiger partial charge in [-0.2, -0.15) is 0 Å². The molecule has 8 heteroatoms. The molecule has 1 amide bonds. The minimum Gasteiger partial charge on any atom is -0.422 e. The lowest BCUT2D eigenvalue weighted by Crippen LogP contribution is -2.27. The maximum absolute atomic E-state index is 12.6. The molecule has 0 aliphatic carbocycles. The largest absolute Gasteiger partial charge is 0.422 e. The summed E-state index contributed by atoms with van der Waals surface area (Å²) >= 11 is 11.1. The van der Waals surface area contributed by atoms with Crippen LogP contribution in [0.5, 0.6) is 0 Å². The number of nitrogens with one attached hydrogen (secondary N) is 1. The number of halogens is 2. The molecule has 0 unspecified atom stereocenters. The standard InChI is InChI=1S/C21H14BrClN2O3S/c1-11-18(29-20(25-11)14-4-2-3-5-16(14)23)10-24-19(26)15-9-12-8-13(22)6-7-17(12)28-21(15)27/h2-9H,10H2,1H3,(H,24,26). The smallest absolute Gasteiger partial charge is 0.349 e. The predicted molar refractivity (Wildman–Crippen MR) is 119 cm³/mol. The van der Waals surface area contributed by atoms with E-state index in [1.165, 1.54) is 17.4 Å². The average Bonchev–Trinajstić information content (AvgIpc) is 3.06. The lowest BCUT2D eigenvalue weighted by molar-refractivity contribution is 0.0947. The zero-order valence-electron chi connectivity index (χ0n) is 15.2. The Kier molecular flexibility index (Phi) is 5.54. The molecule has 4 aromatic rings. The second kappa shape index (κ2) is 8.10. The van der Waals surface area contributed by atoms with Crippen LogP contribution in [0.25, 0.3) is 21.5 Å². The van der Waals surface area contributed by atoms with Gasteiger partial charge in [0.25, 0.3) is 5.91 Å². The molecule has 0 saturated heterocycles. The molecule has 0 aliphatic heterocycles. The van der Waals surface area contributed by atoms with E-state index in [9.17, 15) is 9.59 Å². The summed E-state index contributed by atoms with van der Waals surface area (Å²) in [7, 11) is 0. The predicted octanol–water partition coefficient (Wildman–Crippen LogP) is 5.57. The van der Waals surface area contributed by atoms with Crippen LogP contribution in [0.3, 0.4) is 0 Å². The Labute approximate surface area is 183 Å². The van der Waals surface area contributed by atoms with Gasteiger partial charge < -0.3 is 9.73 Å². The molecule has 2 aromatic heterocycles. The number of carbonyl (C=O) groups is 1. The van der Waals surface area contributed by atoms with Crippen molar-refractivity contribution in [1.29, 1.82) is 0 Å². The Morgan fingerprint density at radius 3 is 2.83 bits per heavy atom. The number of hydrogen-bond acceptors (Lipinski definition) is 5. The molecule has 1 N–H and O–H groups in total. The van der Waals surface area contributed by atoms with Crippen molar-refractivity contribution in [2.45, 2.75) is 13.5 Å². The van der Waals surface area contributed by atoms with Gasteiger partial charge >= 0.3 is 5.63 Å². The molecule has 0 spiro atoms. The van der Waals surface area contributed by atoms with Crippen LogP contribution in [0.15, 0.2) is 62.2 Å². The van der Waals surface area contributed by atoms with Gasteiger partial charge in [-0.15, -0.1) is 11.3 Å². The van der Waals surface area contributed by atoms with Crippen molar-refractivity contribution in [2.24, 2.45) is 0 Å². The van der Waals surface area contributed by atoms with E-state index in [0.29, 0.717) is 16.0 Å². The van der Waals surface area contributed by atoms with Crippen molar-refractivity contribution in [3.8, 4) is 10.6 Å². The highest BCUT2D eigenvalue weighted by atomic mass is 79.9. The van der Waals surface area contributed by atoms with E-state index in [2.05, 4.69) is 26.2 Å². The van der Waals surface area contributed by atoms with Gasteiger partial charge in [-0.1, -0.05) is 45.7 Å². The van der Waals surface area contributed by atoms with Crippen molar-refractivity contribution in [3.63, 3.8) is 0 Å². The molecule has 4 rings (SSSR count). The molecule has 5 nitrogen and oxygen atoms in total. The molecular formula is C21H14BrClN2O3S.